The molecule has 0 radical (unpaired) electrons. The van der Waals surface area contributed by atoms with Gasteiger partial charge in [-0.1, -0.05) is 19.1 Å². The molecule has 144 valence electrons. The van der Waals surface area contributed by atoms with Crippen LogP contribution in [0.1, 0.15) is 12.6 Å². The Morgan fingerprint density at radius 3 is 2.74 bits per heavy atom. The second-order valence-electron chi connectivity index (χ2n) is 6.17. The molecule has 8 heteroatoms. The first-order valence-electron chi connectivity index (χ1n) is 8.98. The summed E-state index contributed by atoms with van der Waals surface area (Å²) in [5.41, 5.74) is 1.03. The van der Waals surface area contributed by atoms with Gasteiger partial charge in [0.15, 0.2) is 0 Å². The monoisotopic (exact) mass is 372 g/mol. The average molecular weight is 372 g/mol. The van der Waals surface area contributed by atoms with Gasteiger partial charge in [0.05, 0.1) is 26.0 Å². The van der Waals surface area contributed by atoms with Gasteiger partial charge in [-0.3, -0.25) is 14.2 Å². The molecule has 8 nitrogen and oxygen atoms in total. The summed E-state index contributed by atoms with van der Waals surface area (Å²) < 4.78 is 12.0. The first-order chi connectivity index (χ1) is 13.1. The summed E-state index contributed by atoms with van der Waals surface area (Å²) in [6.45, 7) is 4.23. The molecule has 0 spiro atoms. The molecule has 0 saturated carbocycles. The van der Waals surface area contributed by atoms with E-state index in [-0.39, 0.29) is 18.0 Å². The molecule has 0 unspecified atom stereocenters. The van der Waals surface area contributed by atoms with E-state index in [1.807, 2.05) is 17.9 Å². The Kier molecular flexibility index (Phi) is 6.08. The fraction of sp³-hybridized carbons (Fsp3) is 0.421. The minimum atomic E-state index is -0.317. The van der Waals surface area contributed by atoms with E-state index in [0.717, 1.165) is 0 Å². The number of rotatable bonds is 6. The lowest BCUT2D eigenvalue weighted by atomic mass is 10.3. The minimum Gasteiger partial charge on any atom is -0.495 e. The number of nitrogens with zero attached hydrogens (tertiary/aromatic N) is 3. The van der Waals surface area contributed by atoms with Crippen LogP contribution in [0.25, 0.3) is 0 Å². The smallest absolute Gasteiger partial charge is 0.255 e. The molecule has 2 heterocycles. The predicted octanol–water partition coefficient (Wildman–Crippen LogP) is 1.29. The number of hydrogen-bond donors (Lipinski definition) is 1. The molecule has 27 heavy (non-hydrogen) atoms. The van der Waals surface area contributed by atoms with Crippen LogP contribution < -0.4 is 20.5 Å². The van der Waals surface area contributed by atoms with Crippen LogP contribution in [0.2, 0.25) is 0 Å². The third kappa shape index (κ3) is 4.46. The van der Waals surface area contributed by atoms with Gasteiger partial charge < -0.3 is 19.7 Å². The third-order valence-corrected chi connectivity index (χ3v) is 4.38. The zero-order valence-electron chi connectivity index (χ0n) is 15.6. The maximum atomic E-state index is 12.6. The van der Waals surface area contributed by atoms with Crippen LogP contribution in [-0.2, 0) is 22.5 Å². The van der Waals surface area contributed by atoms with Crippen molar-refractivity contribution in [3.8, 4) is 5.75 Å². The van der Waals surface area contributed by atoms with E-state index in [0.29, 0.717) is 55.8 Å². The van der Waals surface area contributed by atoms with Gasteiger partial charge in [0.25, 0.3) is 5.56 Å². The second kappa shape index (κ2) is 8.68. The number of hydrogen-bond acceptors (Lipinski definition) is 6. The van der Waals surface area contributed by atoms with Crippen molar-refractivity contribution in [1.29, 1.82) is 0 Å². The lowest BCUT2D eigenvalue weighted by Gasteiger charge is -2.29. The molecule has 1 aromatic carbocycles. The maximum absolute atomic E-state index is 12.6. The Bertz CT molecular complexity index is 859. The minimum absolute atomic E-state index is 0.124. The molecule has 1 aliphatic heterocycles. The Hall–Kier alpha value is -2.87. The average Bonchev–Trinajstić information content (AvgIpc) is 2.70. The van der Waals surface area contributed by atoms with Gasteiger partial charge >= 0.3 is 0 Å². The zero-order chi connectivity index (χ0) is 19.2. The summed E-state index contributed by atoms with van der Waals surface area (Å²) in [5, 5.41) is 2.80. The highest BCUT2D eigenvalue weighted by Gasteiger charge is 2.20. The van der Waals surface area contributed by atoms with Crippen molar-refractivity contribution in [1.82, 2.24) is 9.55 Å². The molecular formula is C19H24N4O4. The lowest BCUT2D eigenvalue weighted by Crippen LogP contribution is -2.42. The fourth-order valence-corrected chi connectivity index (χ4v) is 2.96. The number of para-hydroxylation sites is 2. The van der Waals surface area contributed by atoms with Gasteiger partial charge in [-0.25, -0.2) is 4.98 Å². The molecule has 0 atom stereocenters. The fourth-order valence-electron chi connectivity index (χ4n) is 2.96. The summed E-state index contributed by atoms with van der Waals surface area (Å²) >= 11 is 0. The van der Waals surface area contributed by atoms with E-state index >= 15 is 0 Å². The topological polar surface area (TPSA) is 85.7 Å². The van der Waals surface area contributed by atoms with Crippen molar-refractivity contribution >= 4 is 17.5 Å². The first-order valence-corrected chi connectivity index (χ1v) is 8.98. The van der Waals surface area contributed by atoms with Crippen molar-refractivity contribution < 1.29 is 14.3 Å². The zero-order valence-corrected chi connectivity index (χ0v) is 15.6. The van der Waals surface area contributed by atoms with E-state index in [2.05, 4.69) is 10.3 Å². The van der Waals surface area contributed by atoms with Gasteiger partial charge in [-0.05, 0) is 18.6 Å². The largest absolute Gasteiger partial charge is 0.495 e. The Labute approximate surface area is 157 Å². The molecule has 1 aromatic heterocycles. The van der Waals surface area contributed by atoms with Crippen molar-refractivity contribution in [2.24, 2.45) is 0 Å². The van der Waals surface area contributed by atoms with Crippen molar-refractivity contribution in [3.63, 3.8) is 0 Å². The highest BCUT2D eigenvalue weighted by Crippen LogP contribution is 2.23. The molecule has 0 bridgehead atoms. The maximum Gasteiger partial charge on any atom is 0.255 e. The molecule has 1 fully saturated rings. The number of nitrogens with one attached hydrogen (secondary N) is 1. The Balaban J connectivity index is 1.86. The van der Waals surface area contributed by atoms with E-state index < -0.39 is 0 Å². The Morgan fingerprint density at radius 1 is 1.30 bits per heavy atom. The van der Waals surface area contributed by atoms with Gasteiger partial charge in [-0.15, -0.1) is 0 Å². The number of aryl methyl sites for hydroxylation is 1. The van der Waals surface area contributed by atoms with Crippen LogP contribution >= 0.6 is 0 Å². The highest BCUT2D eigenvalue weighted by atomic mass is 16.5. The third-order valence-electron chi connectivity index (χ3n) is 4.38. The summed E-state index contributed by atoms with van der Waals surface area (Å²) in [5.74, 6) is 0.756. The van der Waals surface area contributed by atoms with Crippen LogP contribution in [0.3, 0.4) is 0 Å². The number of anilines is 2. The van der Waals surface area contributed by atoms with Gasteiger partial charge in [-0.2, -0.15) is 0 Å². The molecule has 1 amide bonds. The van der Waals surface area contributed by atoms with E-state index in [1.165, 1.54) is 10.6 Å². The lowest BCUT2D eigenvalue weighted by molar-refractivity contribution is -0.116. The van der Waals surface area contributed by atoms with E-state index in [1.54, 1.807) is 25.3 Å². The van der Waals surface area contributed by atoms with Crippen LogP contribution in [0.5, 0.6) is 5.75 Å². The number of aromatic nitrogens is 2. The predicted molar refractivity (Wildman–Crippen MR) is 103 cm³/mol. The Morgan fingerprint density at radius 2 is 2.04 bits per heavy atom. The van der Waals surface area contributed by atoms with E-state index in [9.17, 15) is 9.59 Å². The molecule has 2 aromatic rings. The summed E-state index contributed by atoms with van der Waals surface area (Å²) in [6.07, 6.45) is 0.654. The number of benzene rings is 1. The van der Waals surface area contributed by atoms with Crippen molar-refractivity contribution in [2.75, 3.05) is 43.6 Å². The van der Waals surface area contributed by atoms with E-state index in [4.69, 9.17) is 9.47 Å². The number of morpholine rings is 1. The standard InChI is InChI=1S/C19H24N4O4/c1-3-14-12-18(25)23(19(20-14)22-8-10-27-11-9-22)13-17(24)21-15-6-4-5-7-16(15)26-2/h4-7,12H,3,8-11,13H2,1-2H3,(H,21,24). The summed E-state index contributed by atoms with van der Waals surface area (Å²) in [7, 11) is 1.54. The van der Waals surface area contributed by atoms with Crippen LogP contribution in [-0.4, -0.2) is 48.9 Å². The molecule has 1 N–H and O–H groups in total. The van der Waals surface area contributed by atoms with Crippen LogP contribution in [0, 0.1) is 0 Å². The van der Waals surface area contributed by atoms with Gasteiger partial charge in [0, 0.05) is 24.8 Å². The number of ether oxygens (including phenoxy) is 2. The second-order valence-corrected chi connectivity index (χ2v) is 6.17. The molecule has 0 aliphatic carbocycles. The summed E-state index contributed by atoms with van der Waals surface area (Å²) in [4.78, 5) is 31.8. The van der Waals surface area contributed by atoms with Crippen molar-refractivity contribution in [3.05, 3.63) is 46.4 Å². The number of carbonyl (C=O) groups is 1. The van der Waals surface area contributed by atoms with Gasteiger partial charge in [0.1, 0.15) is 12.3 Å². The number of amides is 1. The SMILES string of the molecule is CCc1cc(=O)n(CC(=O)Nc2ccccc2OC)c(N2CCOCC2)n1. The number of carbonyl (C=O) groups excluding carboxylic acids is 1. The quantitative estimate of drug-likeness (QED) is 0.822. The van der Waals surface area contributed by atoms with Crippen LogP contribution in [0.15, 0.2) is 35.1 Å². The van der Waals surface area contributed by atoms with Crippen LogP contribution in [0.4, 0.5) is 11.6 Å². The normalized spacial score (nSPS) is 14.1. The number of methoxy groups -OCH3 is 1. The first kappa shape index (κ1) is 18.9. The molecular weight excluding hydrogens is 348 g/mol. The van der Waals surface area contributed by atoms with Gasteiger partial charge in [0.2, 0.25) is 11.9 Å². The summed E-state index contributed by atoms with van der Waals surface area (Å²) in [6, 6.07) is 8.63. The molecule has 1 aliphatic rings. The highest BCUT2D eigenvalue weighted by molar-refractivity contribution is 5.92. The van der Waals surface area contributed by atoms with Crippen molar-refractivity contribution in [2.45, 2.75) is 19.9 Å². The molecule has 3 rings (SSSR count). The molecule has 1 saturated heterocycles.